The fraction of sp³-hybridized carbons (Fsp3) is 0.643. The van der Waals surface area contributed by atoms with Crippen LogP contribution in [-0.4, -0.2) is 0 Å². The van der Waals surface area contributed by atoms with Gasteiger partial charge in [-0.2, -0.15) is 0 Å². The van der Waals surface area contributed by atoms with Crippen molar-refractivity contribution < 1.29 is 0 Å². The first-order valence-corrected chi connectivity index (χ1v) is 5.96. The molecule has 0 aromatic heterocycles. The van der Waals surface area contributed by atoms with Crippen molar-refractivity contribution in [1.29, 1.82) is 0 Å². The van der Waals surface area contributed by atoms with Crippen molar-refractivity contribution in [2.24, 2.45) is 5.92 Å². The van der Waals surface area contributed by atoms with Crippen LogP contribution in [0.25, 0.3) is 0 Å². The highest BCUT2D eigenvalue weighted by atomic mass is 14.3. The minimum Gasteiger partial charge on any atom is -0.0645 e. The van der Waals surface area contributed by atoms with Gasteiger partial charge in [-0.1, -0.05) is 25.0 Å². The molecule has 2 aliphatic carbocycles. The third-order valence-electron chi connectivity index (χ3n) is 3.73. The summed E-state index contributed by atoms with van der Waals surface area (Å²) in [5.74, 6) is 0.757. The predicted octanol–water partition coefficient (Wildman–Crippen LogP) is 4.31. The zero-order valence-corrected chi connectivity index (χ0v) is 9.61. The summed E-state index contributed by atoms with van der Waals surface area (Å²) in [6, 6.07) is 0. The van der Waals surface area contributed by atoms with Gasteiger partial charge in [-0.15, -0.1) is 0 Å². The zero-order valence-electron chi connectivity index (χ0n) is 9.61. The van der Waals surface area contributed by atoms with Gasteiger partial charge in [0.15, 0.2) is 0 Å². The minimum absolute atomic E-state index is 0.757. The van der Waals surface area contributed by atoms with Gasteiger partial charge in [0.05, 0.1) is 0 Å². The van der Waals surface area contributed by atoms with Crippen molar-refractivity contribution in [2.45, 2.75) is 52.9 Å². The zero-order chi connectivity index (χ0) is 10.1. The molecule has 0 bridgehead atoms. The molecule has 0 aromatic rings. The molecule has 14 heavy (non-hydrogen) atoms. The smallest absolute Gasteiger partial charge is 0.0167 e. The lowest BCUT2D eigenvalue weighted by atomic mass is 9.85. The van der Waals surface area contributed by atoms with Gasteiger partial charge in [-0.05, 0) is 50.2 Å². The lowest BCUT2D eigenvalue weighted by Crippen LogP contribution is -2.04. The molecule has 0 aromatic carbocycles. The number of rotatable bonds is 2. The van der Waals surface area contributed by atoms with Crippen LogP contribution in [0.2, 0.25) is 0 Å². The van der Waals surface area contributed by atoms with Crippen molar-refractivity contribution in [3.8, 4) is 0 Å². The van der Waals surface area contributed by atoms with Crippen LogP contribution >= 0.6 is 0 Å². The molecule has 1 atom stereocenters. The van der Waals surface area contributed by atoms with Crippen molar-refractivity contribution in [2.75, 3.05) is 0 Å². The lowest BCUT2D eigenvalue weighted by molar-refractivity contribution is 0.628. The van der Waals surface area contributed by atoms with E-state index in [2.05, 4.69) is 27.2 Å². The molecule has 2 rings (SSSR count). The maximum absolute atomic E-state index is 3.60. The maximum Gasteiger partial charge on any atom is 0.0167 e. The Morgan fingerprint density at radius 1 is 1.36 bits per heavy atom. The van der Waals surface area contributed by atoms with Crippen molar-refractivity contribution >= 4 is 0 Å². The Hall–Kier alpha value is -0.520. The monoisotopic (exact) mass is 188 g/mol. The average molecular weight is 188 g/mol. The second kappa shape index (κ2) is 3.92. The van der Waals surface area contributed by atoms with E-state index in [9.17, 15) is 0 Å². The lowest BCUT2D eigenvalue weighted by Gasteiger charge is -2.19. The highest BCUT2D eigenvalue weighted by molar-refractivity contribution is 5.53. The summed E-state index contributed by atoms with van der Waals surface area (Å²) in [6.07, 6.45) is 9.87. The van der Waals surface area contributed by atoms with Gasteiger partial charge in [0.1, 0.15) is 0 Å². The summed E-state index contributed by atoms with van der Waals surface area (Å²) in [7, 11) is 0. The summed E-state index contributed by atoms with van der Waals surface area (Å²) >= 11 is 0. The topological polar surface area (TPSA) is 0 Å². The van der Waals surface area contributed by atoms with E-state index in [4.69, 9.17) is 0 Å². The molecule has 2 radical (unpaired) electrons. The molecular formula is C14H20. The van der Waals surface area contributed by atoms with Crippen LogP contribution < -0.4 is 0 Å². The quantitative estimate of drug-likeness (QED) is 0.605. The standard InChI is InChI=1S/C14H20/c1-4-11-10(3)12(5-2)14-9-7-6-8-13(11)14/h11H,4-8H2,1-3H3. The molecule has 2 aliphatic rings. The third kappa shape index (κ3) is 1.36. The van der Waals surface area contributed by atoms with Gasteiger partial charge in [0.25, 0.3) is 0 Å². The van der Waals surface area contributed by atoms with E-state index in [1.807, 2.05) is 0 Å². The van der Waals surface area contributed by atoms with Gasteiger partial charge >= 0.3 is 0 Å². The highest BCUT2D eigenvalue weighted by Crippen LogP contribution is 2.46. The summed E-state index contributed by atoms with van der Waals surface area (Å²) < 4.78 is 0. The van der Waals surface area contributed by atoms with Crippen molar-refractivity contribution in [3.63, 3.8) is 0 Å². The molecule has 0 fully saturated rings. The van der Waals surface area contributed by atoms with E-state index in [-0.39, 0.29) is 0 Å². The molecule has 0 spiro atoms. The molecule has 0 saturated carbocycles. The molecular weight excluding hydrogens is 168 g/mol. The van der Waals surface area contributed by atoms with Crippen LogP contribution in [0.3, 0.4) is 0 Å². The largest absolute Gasteiger partial charge is 0.0645 e. The summed E-state index contributed by atoms with van der Waals surface area (Å²) in [5.41, 5.74) is 6.46. The molecule has 0 saturated heterocycles. The number of allylic oxidation sites excluding steroid dienone is 4. The van der Waals surface area contributed by atoms with Crippen LogP contribution in [0.1, 0.15) is 52.9 Å². The van der Waals surface area contributed by atoms with Crippen LogP contribution in [0, 0.1) is 12.3 Å². The van der Waals surface area contributed by atoms with Gasteiger partial charge in [0, 0.05) is 12.3 Å². The van der Waals surface area contributed by atoms with Crippen molar-refractivity contribution in [1.82, 2.24) is 0 Å². The van der Waals surface area contributed by atoms with Crippen LogP contribution in [0.4, 0.5) is 0 Å². The average Bonchev–Trinajstić information content (AvgIpc) is 2.49. The summed E-state index contributed by atoms with van der Waals surface area (Å²) in [5, 5.41) is 0. The first kappa shape index (κ1) is 10.0. The second-order valence-corrected chi connectivity index (χ2v) is 4.41. The third-order valence-corrected chi connectivity index (χ3v) is 3.73. The molecule has 0 amide bonds. The molecule has 1 unspecified atom stereocenters. The molecule has 0 heteroatoms. The van der Waals surface area contributed by atoms with Gasteiger partial charge < -0.3 is 0 Å². The fourth-order valence-corrected chi connectivity index (χ4v) is 3.06. The van der Waals surface area contributed by atoms with Crippen LogP contribution in [0.15, 0.2) is 22.3 Å². The summed E-state index contributed by atoms with van der Waals surface area (Å²) in [6.45, 7) is 6.91. The Morgan fingerprint density at radius 3 is 2.79 bits per heavy atom. The predicted molar refractivity (Wildman–Crippen MR) is 60.9 cm³/mol. The summed E-state index contributed by atoms with van der Waals surface area (Å²) in [4.78, 5) is 0. The first-order chi connectivity index (χ1) is 6.79. The minimum atomic E-state index is 0.757. The molecule has 76 valence electrons. The molecule has 0 heterocycles. The van der Waals surface area contributed by atoms with E-state index in [1.165, 1.54) is 37.7 Å². The van der Waals surface area contributed by atoms with E-state index >= 15 is 0 Å². The van der Waals surface area contributed by atoms with E-state index in [0.717, 1.165) is 5.92 Å². The fourth-order valence-electron chi connectivity index (χ4n) is 3.06. The molecule has 0 N–H and O–H groups in total. The normalized spacial score (nSPS) is 27.2. The van der Waals surface area contributed by atoms with Crippen LogP contribution in [-0.2, 0) is 0 Å². The second-order valence-electron chi connectivity index (χ2n) is 4.41. The van der Waals surface area contributed by atoms with Gasteiger partial charge in [-0.3, -0.25) is 0 Å². The Morgan fingerprint density at radius 2 is 2.14 bits per heavy atom. The van der Waals surface area contributed by atoms with Crippen molar-refractivity contribution in [3.05, 3.63) is 28.7 Å². The Labute approximate surface area is 88.1 Å². The SMILES string of the molecule is CCC1=C(C)C(CC)C2=C1[C]CCC2. The van der Waals surface area contributed by atoms with E-state index < -0.39 is 0 Å². The number of hydrogen-bond donors (Lipinski definition) is 0. The first-order valence-electron chi connectivity index (χ1n) is 5.96. The number of hydrogen-bond acceptors (Lipinski definition) is 0. The highest BCUT2D eigenvalue weighted by Gasteiger charge is 2.30. The molecule has 0 nitrogen and oxygen atoms in total. The van der Waals surface area contributed by atoms with E-state index in [1.54, 1.807) is 16.7 Å². The maximum atomic E-state index is 3.60. The van der Waals surface area contributed by atoms with Crippen LogP contribution in [0.5, 0.6) is 0 Å². The Bertz CT molecular complexity index is 291. The molecule has 0 aliphatic heterocycles. The Balaban J connectivity index is 2.38. The Kier molecular flexibility index (Phi) is 2.80. The van der Waals surface area contributed by atoms with E-state index in [0.29, 0.717) is 0 Å². The van der Waals surface area contributed by atoms with Gasteiger partial charge in [-0.25, -0.2) is 0 Å². The van der Waals surface area contributed by atoms with Gasteiger partial charge in [0.2, 0.25) is 0 Å².